The molecular weight excluding hydrogens is 362 g/mol. The zero-order valence-corrected chi connectivity index (χ0v) is 16.0. The molecule has 1 amide bonds. The first-order valence-corrected chi connectivity index (χ1v) is 9.36. The van der Waals surface area contributed by atoms with E-state index in [1.165, 1.54) is 17.2 Å². The Bertz CT molecular complexity index is 1190. The number of nitrogens with zero attached hydrogens (tertiary/aromatic N) is 2. The van der Waals surface area contributed by atoms with Crippen molar-refractivity contribution in [1.82, 2.24) is 9.99 Å². The molecule has 1 aromatic heterocycles. The highest BCUT2D eigenvalue weighted by Crippen LogP contribution is 2.21. The van der Waals surface area contributed by atoms with Gasteiger partial charge in [-0.3, -0.25) is 4.79 Å². The fourth-order valence-electron chi connectivity index (χ4n) is 3.29. The fraction of sp³-hybridized carbons (Fsp3) is 0.0833. The first-order chi connectivity index (χ1) is 14.1. The van der Waals surface area contributed by atoms with Crippen molar-refractivity contribution in [1.29, 1.82) is 0 Å². The van der Waals surface area contributed by atoms with Crippen LogP contribution >= 0.6 is 0 Å². The van der Waals surface area contributed by atoms with E-state index >= 15 is 0 Å². The quantitative estimate of drug-likeness (QED) is 0.394. The number of phenols is 1. The average Bonchev–Trinajstić information content (AvgIpc) is 3.08. The highest BCUT2D eigenvalue weighted by atomic mass is 16.3. The summed E-state index contributed by atoms with van der Waals surface area (Å²) in [4.78, 5) is 12.2. The van der Waals surface area contributed by atoms with Crippen LogP contribution < -0.4 is 5.43 Å². The van der Waals surface area contributed by atoms with Gasteiger partial charge in [-0.2, -0.15) is 5.10 Å². The van der Waals surface area contributed by atoms with Crippen LogP contribution in [0.4, 0.5) is 0 Å². The number of aryl methyl sites for hydroxylation is 1. The first-order valence-electron chi connectivity index (χ1n) is 9.36. The number of aromatic hydroxyl groups is 1. The summed E-state index contributed by atoms with van der Waals surface area (Å²) < 4.78 is 2.17. The normalized spacial score (nSPS) is 11.2. The Balaban J connectivity index is 1.57. The SMILES string of the molecule is Cc1ccc(Cn2cc(/C=N\NC(=O)c3ccccc3O)c3ccccc32)cc1. The molecular formula is C24H21N3O2. The molecule has 3 aromatic carbocycles. The van der Waals surface area contributed by atoms with Crippen LogP contribution in [0.1, 0.15) is 27.0 Å². The first kappa shape index (κ1) is 18.5. The van der Waals surface area contributed by atoms with Crippen molar-refractivity contribution in [3.8, 4) is 5.75 Å². The molecule has 0 radical (unpaired) electrons. The molecule has 0 aliphatic heterocycles. The van der Waals surface area contributed by atoms with Gasteiger partial charge in [-0.05, 0) is 30.7 Å². The molecule has 1 heterocycles. The Morgan fingerprint density at radius 2 is 1.76 bits per heavy atom. The van der Waals surface area contributed by atoms with Crippen LogP contribution in [0.25, 0.3) is 10.9 Å². The summed E-state index contributed by atoms with van der Waals surface area (Å²) >= 11 is 0. The van der Waals surface area contributed by atoms with Crippen molar-refractivity contribution in [2.75, 3.05) is 0 Å². The number of benzene rings is 3. The molecule has 0 bridgehead atoms. The molecule has 0 atom stereocenters. The van der Waals surface area contributed by atoms with E-state index in [0.717, 1.165) is 23.0 Å². The largest absolute Gasteiger partial charge is 0.507 e. The van der Waals surface area contributed by atoms with Gasteiger partial charge >= 0.3 is 0 Å². The van der Waals surface area contributed by atoms with Crippen LogP contribution in [-0.4, -0.2) is 21.8 Å². The molecule has 29 heavy (non-hydrogen) atoms. The number of rotatable bonds is 5. The predicted octanol–water partition coefficient (Wildman–Crippen LogP) is 4.47. The number of hydrogen-bond acceptors (Lipinski definition) is 3. The highest BCUT2D eigenvalue weighted by Gasteiger charge is 2.10. The van der Waals surface area contributed by atoms with Gasteiger partial charge in [-0.15, -0.1) is 0 Å². The second kappa shape index (κ2) is 8.02. The number of carbonyl (C=O) groups excluding carboxylic acids is 1. The third-order valence-corrected chi connectivity index (χ3v) is 4.81. The molecule has 5 nitrogen and oxygen atoms in total. The minimum atomic E-state index is -0.456. The Morgan fingerprint density at radius 3 is 2.55 bits per heavy atom. The van der Waals surface area contributed by atoms with Crippen molar-refractivity contribution in [3.63, 3.8) is 0 Å². The van der Waals surface area contributed by atoms with E-state index in [2.05, 4.69) is 52.3 Å². The third-order valence-electron chi connectivity index (χ3n) is 4.81. The van der Waals surface area contributed by atoms with Gasteiger partial charge in [-0.1, -0.05) is 60.2 Å². The van der Waals surface area contributed by atoms with Gasteiger partial charge in [0.2, 0.25) is 0 Å². The third kappa shape index (κ3) is 4.04. The number of amides is 1. The van der Waals surface area contributed by atoms with Gasteiger partial charge in [0.25, 0.3) is 5.91 Å². The van der Waals surface area contributed by atoms with Crippen LogP contribution in [0.3, 0.4) is 0 Å². The number of carbonyl (C=O) groups is 1. The zero-order chi connectivity index (χ0) is 20.2. The Labute approximate surface area is 168 Å². The molecule has 5 heteroatoms. The van der Waals surface area contributed by atoms with Gasteiger partial charge < -0.3 is 9.67 Å². The molecule has 0 aliphatic carbocycles. The topological polar surface area (TPSA) is 66.6 Å². The molecule has 4 aromatic rings. The maximum atomic E-state index is 12.2. The molecule has 0 saturated heterocycles. The second-order valence-electron chi connectivity index (χ2n) is 6.93. The molecule has 0 aliphatic rings. The van der Waals surface area contributed by atoms with E-state index < -0.39 is 5.91 Å². The average molecular weight is 383 g/mol. The van der Waals surface area contributed by atoms with E-state index in [1.807, 2.05) is 24.4 Å². The number of para-hydroxylation sites is 2. The lowest BCUT2D eigenvalue weighted by Crippen LogP contribution is -2.17. The van der Waals surface area contributed by atoms with Crippen LogP contribution in [0.15, 0.2) is 84.1 Å². The zero-order valence-electron chi connectivity index (χ0n) is 16.0. The number of nitrogens with one attached hydrogen (secondary N) is 1. The number of phenolic OH excluding ortho intramolecular Hbond substituents is 1. The second-order valence-corrected chi connectivity index (χ2v) is 6.93. The summed E-state index contributed by atoms with van der Waals surface area (Å²) in [7, 11) is 0. The lowest BCUT2D eigenvalue weighted by Gasteiger charge is -2.06. The summed E-state index contributed by atoms with van der Waals surface area (Å²) in [6.07, 6.45) is 3.66. The monoisotopic (exact) mass is 383 g/mol. The fourth-order valence-corrected chi connectivity index (χ4v) is 3.29. The number of hydrazone groups is 1. The maximum absolute atomic E-state index is 12.2. The van der Waals surface area contributed by atoms with Gasteiger partial charge in [0.1, 0.15) is 5.75 Å². The number of aromatic nitrogens is 1. The Morgan fingerprint density at radius 1 is 1.03 bits per heavy atom. The van der Waals surface area contributed by atoms with E-state index in [0.29, 0.717) is 0 Å². The van der Waals surface area contributed by atoms with Gasteiger partial charge in [-0.25, -0.2) is 5.43 Å². The Kier molecular flexibility index (Phi) is 5.12. The van der Waals surface area contributed by atoms with Gasteiger partial charge in [0, 0.05) is 29.2 Å². The van der Waals surface area contributed by atoms with E-state index in [4.69, 9.17) is 0 Å². The van der Waals surface area contributed by atoms with Crippen molar-refractivity contribution < 1.29 is 9.90 Å². The number of hydrogen-bond donors (Lipinski definition) is 2. The standard InChI is InChI=1S/C24H21N3O2/c1-17-10-12-18(13-11-17)15-27-16-19(20-6-2-4-8-22(20)27)14-25-26-24(29)21-7-3-5-9-23(21)28/h2-14,16,28H,15H2,1H3,(H,26,29)/b25-14-. The van der Waals surface area contributed by atoms with Crippen molar-refractivity contribution in [3.05, 3.63) is 101 Å². The summed E-state index contributed by atoms with van der Waals surface area (Å²) in [6, 6.07) is 22.9. The maximum Gasteiger partial charge on any atom is 0.275 e. The van der Waals surface area contributed by atoms with Crippen molar-refractivity contribution in [2.24, 2.45) is 5.10 Å². The van der Waals surface area contributed by atoms with Gasteiger partial charge in [0.05, 0.1) is 11.8 Å². The molecule has 144 valence electrons. The smallest absolute Gasteiger partial charge is 0.275 e. The van der Waals surface area contributed by atoms with Gasteiger partial charge in [0.15, 0.2) is 0 Å². The molecule has 0 saturated carbocycles. The molecule has 2 N–H and O–H groups in total. The van der Waals surface area contributed by atoms with Crippen molar-refractivity contribution in [2.45, 2.75) is 13.5 Å². The molecule has 0 unspecified atom stereocenters. The lowest BCUT2D eigenvalue weighted by molar-refractivity contribution is 0.0952. The molecule has 0 spiro atoms. The van der Waals surface area contributed by atoms with E-state index in [-0.39, 0.29) is 11.3 Å². The van der Waals surface area contributed by atoms with Crippen LogP contribution in [0, 0.1) is 6.92 Å². The Hall–Kier alpha value is -3.86. The highest BCUT2D eigenvalue weighted by molar-refractivity contribution is 6.01. The minimum Gasteiger partial charge on any atom is -0.507 e. The summed E-state index contributed by atoms with van der Waals surface area (Å²) in [6.45, 7) is 2.83. The molecule has 0 fully saturated rings. The van der Waals surface area contributed by atoms with E-state index in [1.54, 1.807) is 24.4 Å². The van der Waals surface area contributed by atoms with Crippen molar-refractivity contribution >= 4 is 23.0 Å². The van der Waals surface area contributed by atoms with Crippen LogP contribution in [-0.2, 0) is 6.54 Å². The van der Waals surface area contributed by atoms with Crippen LogP contribution in [0.5, 0.6) is 5.75 Å². The predicted molar refractivity (Wildman–Crippen MR) is 115 cm³/mol. The minimum absolute atomic E-state index is 0.0742. The summed E-state index contributed by atoms with van der Waals surface area (Å²) in [5, 5.41) is 14.9. The summed E-state index contributed by atoms with van der Waals surface area (Å²) in [5.41, 5.74) is 7.12. The molecule has 4 rings (SSSR count). The van der Waals surface area contributed by atoms with E-state index in [9.17, 15) is 9.90 Å². The summed E-state index contributed by atoms with van der Waals surface area (Å²) in [5.74, 6) is -0.530. The van der Waals surface area contributed by atoms with Crippen LogP contribution in [0.2, 0.25) is 0 Å². The number of fused-ring (bicyclic) bond motifs is 1. The lowest BCUT2D eigenvalue weighted by atomic mass is 10.1.